The highest BCUT2D eigenvalue weighted by Gasteiger charge is 2.44. The molecule has 4 atom stereocenters. The molecule has 1 aromatic carbocycles. The first-order valence-corrected chi connectivity index (χ1v) is 8.88. The molecular formula is C17H18ClN5O5. The third-order valence-electron chi connectivity index (χ3n) is 4.76. The van der Waals surface area contributed by atoms with Gasteiger partial charge < -0.3 is 25.8 Å². The SMILES string of the molecule is Nc1nc2c(ncn2[C@@H]2O[C@H](CO)[C@@H](O)[C@H]2O)c(=O)n1Cc1ccc(Cl)cc1. The van der Waals surface area contributed by atoms with Gasteiger partial charge in [-0.05, 0) is 17.7 Å². The number of nitrogen functional groups attached to an aromatic ring is 1. The topological polar surface area (TPSA) is 149 Å². The minimum absolute atomic E-state index is 0.0408. The van der Waals surface area contributed by atoms with Crippen LogP contribution in [0.15, 0.2) is 35.4 Å². The standard InChI is InChI=1S/C17H18ClN5O5/c18-9-3-1-8(2-4-9)5-22-15(27)11-14(21-17(22)19)23(7-20-11)16-13(26)12(25)10(6-24)28-16/h1-4,7,10,12-13,16,24-26H,5-6H2,(H2,19,21)/t10-,12-,13-,16-/m1/s1. The Hall–Kier alpha value is -2.50. The van der Waals surface area contributed by atoms with Crippen LogP contribution in [0.4, 0.5) is 5.95 Å². The van der Waals surface area contributed by atoms with Crippen LogP contribution in [0, 0.1) is 0 Å². The first-order chi connectivity index (χ1) is 13.4. The highest BCUT2D eigenvalue weighted by molar-refractivity contribution is 6.30. The van der Waals surface area contributed by atoms with Crippen LogP contribution in [0.1, 0.15) is 11.8 Å². The van der Waals surface area contributed by atoms with Crippen molar-refractivity contribution in [2.24, 2.45) is 0 Å². The maximum Gasteiger partial charge on any atom is 0.283 e. The third kappa shape index (κ3) is 3.05. The number of hydrogen-bond donors (Lipinski definition) is 4. The van der Waals surface area contributed by atoms with Gasteiger partial charge in [-0.25, -0.2) is 4.98 Å². The fraction of sp³-hybridized carbons (Fsp3) is 0.353. The molecule has 0 saturated carbocycles. The summed E-state index contributed by atoms with van der Waals surface area (Å²) in [5.74, 6) is -0.0408. The highest BCUT2D eigenvalue weighted by Crippen LogP contribution is 2.31. The lowest BCUT2D eigenvalue weighted by Gasteiger charge is -2.17. The molecule has 5 N–H and O–H groups in total. The molecule has 28 heavy (non-hydrogen) atoms. The molecule has 2 aromatic heterocycles. The number of nitrogens with zero attached hydrogens (tertiary/aromatic N) is 4. The van der Waals surface area contributed by atoms with E-state index in [1.807, 2.05) is 0 Å². The molecule has 3 aromatic rings. The number of aromatic nitrogens is 4. The molecule has 0 spiro atoms. The molecule has 4 rings (SSSR count). The summed E-state index contributed by atoms with van der Waals surface area (Å²) in [5, 5.41) is 30.0. The highest BCUT2D eigenvalue weighted by atomic mass is 35.5. The zero-order chi connectivity index (χ0) is 20.0. The van der Waals surface area contributed by atoms with Gasteiger partial charge in [0.25, 0.3) is 5.56 Å². The van der Waals surface area contributed by atoms with Crippen molar-refractivity contribution in [1.29, 1.82) is 0 Å². The van der Waals surface area contributed by atoms with Crippen LogP contribution in [0.25, 0.3) is 11.2 Å². The Labute approximate surface area is 163 Å². The van der Waals surface area contributed by atoms with Crippen molar-refractivity contribution in [3.63, 3.8) is 0 Å². The molecule has 11 heteroatoms. The van der Waals surface area contributed by atoms with Crippen LogP contribution in [-0.2, 0) is 11.3 Å². The quantitative estimate of drug-likeness (QED) is 0.451. The largest absolute Gasteiger partial charge is 0.394 e. The summed E-state index contributed by atoms with van der Waals surface area (Å²) in [6.45, 7) is -0.281. The first kappa shape index (κ1) is 18.8. The molecule has 1 aliphatic rings. The van der Waals surface area contributed by atoms with E-state index in [-0.39, 0.29) is 23.7 Å². The molecule has 10 nitrogen and oxygen atoms in total. The van der Waals surface area contributed by atoms with Gasteiger partial charge in [0.1, 0.15) is 18.3 Å². The lowest BCUT2D eigenvalue weighted by atomic mass is 10.1. The number of benzene rings is 1. The maximum absolute atomic E-state index is 12.9. The zero-order valence-electron chi connectivity index (χ0n) is 14.5. The number of nitrogens with two attached hydrogens (primary N) is 1. The zero-order valence-corrected chi connectivity index (χ0v) is 15.3. The van der Waals surface area contributed by atoms with Crippen molar-refractivity contribution in [1.82, 2.24) is 19.1 Å². The van der Waals surface area contributed by atoms with Gasteiger partial charge in [0.15, 0.2) is 17.4 Å². The smallest absolute Gasteiger partial charge is 0.283 e. The molecule has 0 aliphatic carbocycles. The van der Waals surface area contributed by atoms with Crippen LogP contribution in [0.2, 0.25) is 5.02 Å². The average Bonchev–Trinajstić information content (AvgIpc) is 3.21. The Balaban J connectivity index is 1.74. The second kappa shape index (κ2) is 7.15. The summed E-state index contributed by atoms with van der Waals surface area (Å²) in [7, 11) is 0. The van der Waals surface area contributed by atoms with Crippen molar-refractivity contribution in [2.75, 3.05) is 12.3 Å². The number of imidazole rings is 1. The van der Waals surface area contributed by atoms with E-state index >= 15 is 0 Å². The number of aliphatic hydroxyl groups is 3. The van der Waals surface area contributed by atoms with E-state index in [2.05, 4.69) is 9.97 Å². The summed E-state index contributed by atoms with van der Waals surface area (Å²) in [6.07, 6.45) is -3.34. The average molecular weight is 408 g/mol. The van der Waals surface area contributed by atoms with Crippen LogP contribution in [0.5, 0.6) is 0 Å². The van der Waals surface area contributed by atoms with E-state index < -0.39 is 36.7 Å². The van der Waals surface area contributed by atoms with E-state index in [4.69, 9.17) is 22.1 Å². The van der Waals surface area contributed by atoms with Crippen LogP contribution >= 0.6 is 11.6 Å². The molecular weight excluding hydrogens is 390 g/mol. The van der Waals surface area contributed by atoms with Gasteiger partial charge in [-0.3, -0.25) is 13.9 Å². The summed E-state index contributed by atoms with van der Waals surface area (Å²) < 4.78 is 8.08. The van der Waals surface area contributed by atoms with Gasteiger partial charge in [0.2, 0.25) is 5.95 Å². The summed E-state index contributed by atoms with van der Waals surface area (Å²) >= 11 is 5.88. The summed E-state index contributed by atoms with van der Waals surface area (Å²) in [6, 6.07) is 6.97. The van der Waals surface area contributed by atoms with Gasteiger partial charge in [0.05, 0.1) is 19.5 Å². The second-order valence-electron chi connectivity index (χ2n) is 6.54. The number of halogens is 1. The van der Waals surface area contributed by atoms with E-state index in [1.165, 1.54) is 15.5 Å². The van der Waals surface area contributed by atoms with E-state index in [1.54, 1.807) is 24.3 Å². The molecule has 3 heterocycles. The maximum atomic E-state index is 12.9. The van der Waals surface area contributed by atoms with Crippen LogP contribution < -0.4 is 11.3 Å². The van der Waals surface area contributed by atoms with Crippen molar-refractivity contribution in [2.45, 2.75) is 31.1 Å². The molecule has 0 bridgehead atoms. The fourth-order valence-electron chi connectivity index (χ4n) is 3.24. The van der Waals surface area contributed by atoms with Gasteiger partial charge in [-0.1, -0.05) is 23.7 Å². The monoisotopic (exact) mass is 407 g/mol. The number of aliphatic hydroxyl groups excluding tert-OH is 3. The molecule has 0 radical (unpaired) electrons. The molecule has 148 valence electrons. The van der Waals surface area contributed by atoms with Crippen LogP contribution in [-0.4, -0.2) is 59.3 Å². The predicted molar refractivity (Wildman–Crippen MR) is 99.8 cm³/mol. The van der Waals surface area contributed by atoms with Gasteiger partial charge in [-0.15, -0.1) is 0 Å². The Morgan fingerprint density at radius 1 is 1.21 bits per heavy atom. The van der Waals surface area contributed by atoms with E-state index in [0.29, 0.717) is 5.02 Å². The molecule has 1 fully saturated rings. The summed E-state index contributed by atoms with van der Waals surface area (Å²) in [4.78, 5) is 21.2. The normalized spacial score (nSPS) is 24.9. The minimum Gasteiger partial charge on any atom is -0.394 e. The number of hydrogen-bond acceptors (Lipinski definition) is 8. The molecule has 1 saturated heterocycles. The fourth-order valence-corrected chi connectivity index (χ4v) is 3.36. The number of fused-ring (bicyclic) bond motifs is 1. The minimum atomic E-state index is -1.32. The lowest BCUT2D eigenvalue weighted by Crippen LogP contribution is -2.33. The number of ether oxygens (including phenoxy) is 1. The molecule has 1 aliphatic heterocycles. The Kier molecular flexibility index (Phi) is 4.81. The van der Waals surface area contributed by atoms with Crippen LogP contribution in [0.3, 0.4) is 0 Å². The number of rotatable bonds is 4. The third-order valence-corrected chi connectivity index (χ3v) is 5.01. The lowest BCUT2D eigenvalue weighted by molar-refractivity contribution is -0.0511. The van der Waals surface area contributed by atoms with Crippen molar-refractivity contribution >= 4 is 28.7 Å². The van der Waals surface area contributed by atoms with Crippen molar-refractivity contribution in [3.05, 3.63) is 51.5 Å². The predicted octanol–water partition coefficient (Wildman–Crippen LogP) is -0.512. The molecule has 0 amide bonds. The van der Waals surface area contributed by atoms with Gasteiger partial charge in [0, 0.05) is 5.02 Å². The van der Waals surface area contributed by atoms with E-state index in [9.17, 15) is 20.1 Å². The van der Waals surface area contributed by atoms with Gasteiger partial charge in [-0.2, -0.15) is 4.98 Å². The summed E-state index contributed by atoms with van der Waals surface area (Å²) in [5.41, 5.74) is 6.51. The first-order valence-electron chi connectivity index (χ1n) is 8.50. The van der Waals surface area contributed by atoms with Crippen molar-refractivity contribution < 1.29 is 20.1 Å². The van der Waals surface area contributed by atoms with Crippen molar-refractivity contribution in [3.8, 4) is 0 Å². The van der Waals surface area contributed by atoms with Gasteiger partial charge >= 0.3 is 0 Å². The van der Waals surface area contributed by atoms with E-state index in [0.717, 1.165) is 5.56 Å². The second-order valence-corrected chi connectivity index (χ2v) is 6.98. The molecule has 0 unspecified atom stereocenters. The number of anilines is 1. The Morgan fingerprint density at radius 3 is 2.57 bits per heavy atom. The Morgan fingerprint density at radius 2 is 1.93 bits per heavy atom. The Bertz CT molecular complexity index is 1070.